The van der Waals surface area contributed by atoms with E-state index in [9.17, 15) is 0 Å². The van der Waals surface area contributed by atoms with Crippen LogP contribution in [0.4, 0.5) is 0 Å². The molecule has 0 fully saturated rings. The SMILES string of the molecule is c1ccc2nc(-c3ccc(-c4ccc(-c5nc6ccccc6o5)cc4)c4ccccc34)c(-c3ccc(-c4ccc(-c5nc6ccccc6o5)cc4)c4ccccc34)nc2c1. The Morgan fingerprint density at radius 2 is 0.567 bits per heavy atom. The minimum absolute atomic E-state index is 0.611. The number of fused-ring (bicyclic) bond motifs is 5. The van der Waals surface area contributed by atoms with Crippen molar-refractivity contribution in [3.63, 3.8) is 0 Å². The molecule has 0 radical (unpaired) electrons. The molecule has 12 aromatic rings. The van der Waals surface area contributed by atoms with Gasteiger partial charge in [-0.3, -0.25) is 0 Å². The van der Waals surface area contributed by atoms with Crippen molar-refractivity contribution >= 4 is 54.8 Å². The van der Waals surface area contributed by atoms with Gasteiger partial charge in [0.15, 0.2) is 11.2 Å². The summed E-state index contributed by atoms with van der Waals surface area (Å²) in [4.78, 5) is 20.2. The lowest BCUT2D eigenvalue weighted by Crippen LogP contribution is -1.98. The van der Waals surface area contributed by atoms with Crippen LogP contribution in [0.1, 0.15) is 0 Å². The predicted octanol–water partition coefficient (Wildman–Crippen LogP) is 14.2. The molecule has 0 saturated heterocycles. The zero-order chi connectivity index (χ0) is 39.6. The van der Waals surface area contributed by atoms with Crippen LogP contribution in [0, 0.1) is 0 Å². The van der Waals surface area contributed by atoms with Gasteiger partial charge in [0.1, 0.15) is 11.0 Å². The molecule has 12 rings (SSSR count). The molecule has 0 spiro atoms. The number of rotatable bonds is 6. The van der Waals surface area contributed by atoms with Crippen molar-refractivity contribution in [1.29, 1.82) is 0 Å². The van der Waals surface area contributed by atoms with Crippen LogP contribution in [0.2, 0.25) is 0 Å². The highest BCUT2D eigenvalue weighted by Crippen LogP contribution is 2.43. The molecule has 3 heterocycles. The van der Waals surface area contributed by atoms with Crippen LogP contribution in [0.15, 0.2) is 203 Å². The number of nitrogens with zero attached hydrogens (tertiary/aromatic N) is 4. The van der Waals surface area contributed by atoms with E-state index >= 15 is 0 Å². The molecule has 3 aromatic heterocycles. The highest BCUT2D eigenvalue weighted by molar-refractivity contribution is 6.10. The normalized spacial score (nSPS) is 11.7. The van der Waals surface area contributed by atoms with Crippen LogP contribution in [0.3, 0.4) is 0 Å². The van der Waals surface area contributed by atoms with E-state index in [1.807, 2.05) is 72.8 Å². The third-order valence-electron chi connectivity index (χ3n) is 11.4. The first-order chi connectivity index (χ1) is 29.7. The maximum absolute atomic E-state index is 6.07. The predicted molar refractivity (Wildman–Crippen MR) is 242 cm³/mol. The van der Waals surface area contributed by atoms with Crippen LogP contribution in [0.5, 0.6) is 0 Å². The third kappa shape index (κ3) is 5.65. The Morgan fingerprint density at radius 1 is 0.250 bits per heavy atom. The summed E-state index contributed by atoms with van der Waals surface area (Å²) in [7, 11) is 0. The summed E-state index contributed by atoms with van der Waals surface area (Å²) in [6.45, 7) is 0. The van der Waals surface area contributed by atoms with Gasteiger partial charge in [-0.15, -0.1) is 0 Å². The van der Waals surface area contributed by atoms with Crippen LogP contribution < -0.4 is 0 Å². The molecule has 0 unspecified atom stereocenters. The fourth-order valence-corrected chi connectivity index (χ4v) is 8.47. The monoisotopic (exact) mass is 768 g/mol. The van der Waals surface area contributed by atoms with Crippen molar-refractivity contribution in [3.8, 4) is 67.7 Å². The molecule has 0 aliphatic rings. The van der Waals surface area contributed by atoms with E-state index in [1.54, 1.807) is 0 Å². The number of aromatic nitrogens is 4. The molecule has 0 bridgehead atoms. The van der Waals surface area contributed by atoms with Gasteiger partial charge in [-0.1, -0.05) is 133 Å². The molecule has 0 aliphatic carbocycles. The third-order valence-corrected chi connectivity index (χ3v) is 11.4. The molecule has 280 valence electrons. The van der Waals surface area contributed by atoms with E-state index in [0.717, 1.165) is 111 Å². The van der Waals surface area contributed by atoms with Crippen molar-refractivity contribution in [2.24, 2.45) is 0 Å². The van der Waals surface area contributed by atoms with Gasteiger partial charge < -0.3 is 8.83 Å². The van der Waals surface area contributed by atoms with Crippen LogP contribution in [-0.2, 0) is 0 Å². The average Bonchev–Trinajstić information content (AvgIpc) is 3.96. The average molecular weight is 769 g/mol. The van der Waals surface area contributed by atoms with Crippen LogP contribution in [-0.4, -0.2) is 19.9 Å². The lowest BCUT2D eigenvalue weighted by molar-refractivity contribution is 0.619. The number of benzene rings is 9. The fourth-order valence-electron chi connectivity index (χ4n) is 8.47. The largest absolute Gasteiger partial charge is 0.436 e. The second-order valence-corrected chi connectivity index (χ2v) is 15.0. The zero-order valence-corrected chi connectivity index (χ0v) is 32.1. The maximum atomic E-state index is 6.07. The molecule has 6 heteroatoms. The second kappa shape index (κ2) is 13.7. The maximum Gasteiger partial charge on any atom is 0.227 e. The first kappa shape index (κ1) is 33.9. The molecular formula is C54H32N4O2. The van der Waals surface area contributed by atoms with Gasteiger partial charge in [-0.05, 0) is 104 Å². The summed E-state index contributed by atoms with van der Waals surface area (Å²) < 4.78 is 12.1. The van der Waals surface area contributed by atoms with Gasteiger partial charge in [-0.2, -0.15) is 0 Å². The van der Waals surface area contributed by atoms with Gasteiger partial charge in [0.25, 0.3) is 0 Å². The molecule has 0 N–H and O–H groups in total. The first-order valence-electron chi connectivity index (χ1n) is 20.0. The molecule has 6 nitrogen and oxygen atoms in total. The molecule has 60 heavy (non-hydrogen) atoms. The van der Waals surface area contributed by atoms with Crippen molar-refractivity contribution in [2.45, 2.75) is 0 Å². The Morgan fingerprint density at radius 3 is 0.967 bits per heavy atom. The Balaban J connectivity index is 0.970. The van der Waals surface area contributed by atoms with E-state index in [1.165, 1.54) is 0 Å². The minimum Gasteiger partial charge on any atom is -0.436 e. The summed E-state index contributed by atoms with van der Waals surface area (Å²) in [6, 6.07) is 66.7. The Kier molecular flexibility index (Phi) is 7.74. The standard InChI is InChI=1S/C54H32N4O2/c1-3-13-41-39(11-1)37(33-21-25-35(26-22-33)53-57-47-17-7-9-19-49(47)59-53)29-31-43(41)51-52(56-46-16-6-5-15-45(46)55-51)44-32-30-38(40-12-2-4-14-42(40)44)34-23-27-36(28-24-34)54-58-48-18-8-10-20-50(48)60-54/h1-32H. The smallest absolute Gasteiger partial charge is 0.227 e. The Labute approximate surface area is 344 Å². The molecule has 9 aromatic carbocycles. The summed E-state index contributed by atoms with van der Waals surface area (Å²) in [5.74, 6) is 1.22. The highest BCUT2D eigenvalue weighted by atomic mass is 16.4. The van der Waals surface area contributed by atoms with Crippen molar-refractivity contribution < 1.29 is 8.83 Å². The molecule has 0 atom stereocenters. The minimum atomic E-state index is 0.611. The lowest BCUT2D eigenvalue weighted by atomic mass is 9.90. The molecule has 0 amide bonds. The van der Waals surface area contributed by atoms with E-state index in [-0.39, 0.29) is 0 Å². The van der Waals surface area contributed by atoms with Gasteiger partial charge >= 0.3 is 0 Å². The van der Waals surface area contributed by atoms with Crippen molar-refractivity contribution in [3.05, 3.63) is 194 Å². The summed E-state index contributed by atoms with van der Waals surface area (Å²) >= 11 is 0. The van der Waals surface area contributed by atoms with Crippen molar-refractivity contribution in [2.75, 3.05) is 0 Å². The quantitative estimate of drug-likeness (QED) is 0.168. The number of oxazole rings is 2. The first-order valence-corrected chi connectivity index (χ1v) is 20.0. The van der Waals surface area contributed by atoms with E-state index in [2.05, 4.69) is 121 Å². The van der Waals surface area contributed by atoms with Gasteiger partial charge in [0.05, 0.1) is 22.4 Å². The second-order valence-electron chi connectivity index (χ2n) is 15.0. The summed E-state index contributed by atoms with van der Waals surface area (Å²) in [5.41, 5.74) is 15.0. The molecule has 0 aliphatic heterocycles. The van der Waals surface area contributed by atoms with E-state index in [0.29, 0.717) is 11.8 Å². The molecular weight excluding hydrogens is 737 g/mol. The topological polar surface area (TPSA) is 77.8 Å². The number of hydrogen-bond donors (Lipinski definition) is 0. The fraction of sp³-hybridized carbons (Fsp3) is 0. The Bertz CT molecular complexity index is 3300. The van der Waals surface area contributed by atoms with Crippen LogP contribution >= 0.6 is 0 Å². The van der Waals surface area contributed by atoms with Gasteiger partial charge in [0.2, 0.25) is 11.8 Å². The van der Waals surface area contributed by atoms with Gasteiger partial charge in [-0.25, -0.2) is 19.9 Å². The van der Waals surface area contributed by atoms with Crippen LogP contribution in [0.25, 0.3) is 122 Å². The zero-order valence-electron chi connectivity index (χ0n) is 32.1. The highest BCUT2D eigenvalue weighted by Gasteiger charge is 2.20. The van der Waals surface area contributed by atoms with E-state index in [4.69, 9.17) is 28.8 Å². The van der Waals surface area contributed by atoms with E-state index < -0.39 is 0 Å². The lowest BCUT2D eigenvalue weighted by Gasteiger charge is -2.17. The Hall–Kier alpha value is -8.22. The number of hydrogen-bond acceptors (Lipinski definition) is 6. The summed E-state index contributed by atoms with van der Waals surface area (Å²) in [6.07, 6.45) is 0. The molecule has 0 saturated carbocycles. The summed E-state index contributed by atoms with van der Waals surface area (Å²) in [5, 5.41) is 4.46. The van der Waals surface area contributed by atoms with Gasteiger partial charge in [0, 0.05) is 22.3 Å². The number of para-hydroxylation sites is 6. The van der Waals surface area contributed by atoms with Crippen molar-refractivity contribution in [1.82, 2.24) is 19.9 Å².